The summed E-state index contributed by atoms with van der Waals surface area (Å²) < 4.78 is 7.50. The molecule has 0 atom stereocenters. The topological polar surface area (TPSA) is 85.5 Å². The summed E-state index contributed by atoms with van der Waals surface area (Å²) in [6, 6.07) is 0. The second-order valence-electron chi connectivity index (χ2n) is 0.0833. The smallest absolute Gasteiger partial charge is 1.00 e. The van der Waals surface area contributed by atoms with Gasteiger partial charge in [-0.15, -0.1) is 13.2 Å². The third-order valence-corrected chi connectivity index (χ3v) is 0. The zero-order chi connectivity index (χ0) is 6.71. The van der Waals surface area contributed by atoms with Crippen LogP contribution in [0, 0.1) is 6.65 Å². The molecule has 52 valence electrons. The van der Waals surface area contributed by atoms with Crippen molar-refractivity contribution in [3.05, 3.63) is 19.8 Å². The van der Waals surface area contributed by atoms with Gasteiger partial charge < -0.3 is 8.33 Å². The van der Waals surface area contributed by atoms with Crippen LogP contribution >= 0.6 is 0 Å². The Morgan fingerprint density at radius 1 is 1.30 bits per heavy atom. The standard InChI is InChI=1S/C2H4.CO2.CO.2Cs.H2O.H2.2H/c1-2;2-1-3;1-2;;;;;;/h1-2H2;;;;;1H2;1H;;/q;;;2*+1;;;2*-1. The van der Waals surface area contributed by atoms with E-state index in [0.717, 1.165) is 0 Å². The molecule has 0 aromatic heterocycles. The SMILES string of the molecule is C=C.O.O=C=O.[C-]#[O+].[Cs+].[Cs+].[H-].[H-].[HH]. The summed E-state index contributed by atoms with van der Waals surface area (Å²) in [5.41, 5.74) is 0. The maximum absolute atomic E-state index is 8.12. The minimum absolute atomic E-state index is 0. The van der Waals surface area contributed by atoms with Crippen molar-refractivity contribution in [2.45, 2.75) is 0 Å². The van der Waals surface area contributed by atoms with Crippen molar-refractivity contribution in [3.8, 4) is 0 Å². The average molecular weight is 388 g/mol. The molecule has 0 aromatic carbocycles. The van der Waals surface area contributed by atoms with Gasteiger partial charge in [0, 0.05) is 1.43 Å². The maximum atomic E-state index is 8.12. The first-order valence-electron chi connectivity index (χ1n) is 1.11. The minimum Gasteiger partial charge on any atom is -1.00 e. The first-order valence-corrected chi connectivity index (χ1v) is 1.11. The van der Waals surface area contributed by atoms with Gasteiger partial charge in [-0.25, -0.2) is 0 Å². The molecule has 0 unspecified atom stereocenters. The molecule has 0 radical (unpaired) electrons. The van der Waals surface area contributed by atoms with Crippen LogP contribution in [0.1, 0.15) is 4.28 Å². The molecule has 0 spiro atoms. The molecule has 0 amide bonds. The van der Waals surface area contributed by atoms with Crippen LogP contribution < -0.4 is 138 Å². The molecule has 0 aliphatic rings. The van der Waals surface area contributed by atoms with E-state index in [1.807, 2.05) is 0 Å². The fourth-order valence-electron chi connectivity index (χ4n) is 0. The Labute approximate surface area is 182 Å². The second-order valence-corrected chi connectivity index (χ2v) is 0.0833. The molecule has 6 heteroatoms. The van der Waals surface area contributed by atoms with Crippen LogP contribution in [0.4, 0.5) is 0 Å². The van der Waals surface area contributed by atoms with Gasteiger partial charge >= 0.3 is 155 Å². The molecule has 0 aliphatic heterocycles. The molecule has 0 heterocycles. The van der Waals surface area contributed by atoms with Gasteiger partial charge in [0.25, 0.3) is 0 Å². The van der Waals surface area contributed by atoms with Crippen LogP contribution in [0.25, 0.3) is 0 Å². The van der Waals surface area contributed by atoms with E-state index in [0.29, 0.717) is 0 Å². The summed E-state index contributed by atoms with van der Waals surface area (Å²) in [6.07, 6.45) is 0.250. The molecule has 0 aliphatic carbocycles. The van der Waals surface area contributed by atoms with E-state index in [2.05, 4.69) is 19.8 Å². The minimum atomic E-state index is 0. The Morgan fingerprint density at radius 3 is 1.30 bits per heavy atom. The summed E-state index contributed by atoms with van der Waals surface area (Å²) in [5.74, 6) is 0. The van der Waals surface area contributed by atoms with Crippen LogP contribution in [0.15, 0.2) is 13.2 Å². The molecule has 0 rings (SSSR count). The Kier molecular flexibility index (Phi) is 354. The third-order valence-electron chi connectivity index (χ3n) is 0. The zero-order valence-corrected chi connectivity index (χ0v) is 18.7. The summed E-state index contributed by atoms with van der Waals surface area (Å²) in [7, 11) is 0. The summed E-state index contributed by atoms with van der Waals surface area (Å²) in [6.45, 7) is 10.5. The van der Waals surface area contributed by atoms with E-state index in [-0.39, 0.29) is 154 Å². The van der Waals surface area contributed by atoms with Gasteiger partial charge in [-0.05, 0) is 0 Å². The van der Waals surface area contributed by atoms with E-state index < -0.39 is 0 Å². The molecule has 0 saturated heterocycles. The van der Waals surface area contributed by atoms with Gasteiger partial charge in [-0.2, -0.15) is 9.59 Å². The molecular weight excluding hydrogens is 378 g/mol. The molecule has 0 fully saturated rings. The van der Waals surface area contributed by atoms with Gasteiger partial charge in [-0.3, -0.25) is 0 Å². The Hall–Kier alpha value is 2.92. The molecular formula is C4H10Cs2O4. The predicted molar refractivity (Wildman–Crippen MR) is 28.1 cm³/mol. The van der Waals surface area contributed by atoms with Gasteiger partial charge in [0.2, 0.25) is 0 Å². The van der Waals surface area contributed by atoms with Gasteiger partial charge in [0.15, 0.2) is 0 Å². The van der Waals surface area contributed by atoms with Crippen molar-refractivity contribution in [2.24, 2.45) is 0 Å². The molecule has 0 saturated carbocycles. The van der Waals surface area contributed by atoms with Crippen molar-refractivity contribution < 1.29 is 162 Å². The fraction of sp³-hybridized carbons (Fsp3) is 0. The van der Waals surface area contributed by atoms with Crippen molar-refractivity contribution in [1.82, 2.24) is 0 Å². The predicted octanol–water partition coefficient (Wildman–Crippen LogP) is -6.16. The van der Waals surface area contributed by atoms with Crippen LogP contribution in [0.5, 0.6) is 0 Å². The Morgan fingerprint density at radius 2 is 1.30 bits per heavy atom. The molecule has 2 N–H and O–H groups in total. The normalized spacial score (nSPS) is 1.40. The van der Waals surface area contributed by atoms with E-state index in [1.54, 1.807) is 0 Å². The van der Waals surface area contributed by atoms with Crippen LogP contribution in [0.2, 0.25) is 0 Å². The monoisotopic (exact) mass is 388 g/mol. The van der Waals surface area contributed by atoms with Crippen LogP contribution in [0.3, 0.4) is 0 Å². The quantitative estimate of drug-likeness (QED) is 0.235. The summed E-state index contributed by atoms with van der Waals surface area (Å²) in [4.78, 5) is 16.2. The Bertz CT molecular complexity index is 77.0. The van der Waals surface area contributed by atoms with Gasteiger partial charge in [0.1, 0.15) is 0 Å². The Balaban J connectivity index is -0.00000000218. The van der Waals surface area contributed by atoms with Crippen molar-refractivity contribution in [2.75, 3.05) is 0 Å². The van der Waals surface area contributed by atoms with Crippen molar-refractivity contribution in [1.29, 1.82) is 0 Å². The van der Waals surface area contributed by atoms with Crippen molar-refractivity contribution >= 4 is 6.15 Å². The second kappa shape index (κ2) is 92.4. The first kappa shape index (κ1) is 38.3. The number of hydrogen-bond donors (Lipinski definition) is 0. The largest absolute Gasteiger partial charge is 1.00 e. The molecule has 4 nitrogen and oxygen atoms in total. The summed E-state index contributed by atoms with van der Waals surface area (Å²) >= 11 is 0. The molecule has 0 aromatic rings. The number of carbonyl (C=O) groups excluding carboxylic acids is 2. The zero-order valence-electron chi connectivity index (χ0n) is 8.14. The third kappa shape index (κ3) is 126. The van der Waals surface area contributed by atoms with Crippen molar-refractivity contribution in [3.63, 3.8) is 0 Å². The van der Waals surface area contributed by atoms with Gasteiger partial charge in [-0.1, -0.05) is 0 Å². The fourth-order valence-corrected chi connectivity index (χ4v) is 0. The van der Waals surface area contributed by atoms with E-state index >= 15 is 0 Å². The van der Waals surface area contributed by atoms with Crippen LogP contribution in [-0.2, 0) is 14.2 Å². The van der Waals surface area contributed by atoms with E-state index in [4.69, 9.17) is 14.2 Å². The first-order chi connectivity index (χ1) is 3.41. The molecule has 10 heavy (non-hydrogen) atoms. The van der Waals surface area contributed by atoms with E-state index in [1.165, 1.54) is 0 Å². The maximum Gasteiger partial charge on any atom is 1.00 e. The van der Waals surface area contributed by atoms with Crippen LogP contribution in [-0.4, -0.2) is 11.6 Å². The number of rotatable bonds is 0. The average Bonchev–Trinajstić information content (AvgIpc) is 1.78. The molecule has 0 bridgehead atoms. The van der Waals surface area contributed by atoms with E-state index in [9.17, 15) is 0 Å². The summed E-state index contributed by atoms with van der Waals surface area (Å²) in [5, 5.41) is 0. The van der Waals surface area contributed by atoms with Gasteiger partial charge in [0.05, 0.1) is 0 Å². The number of hydrogen-bond acceptors (Lipinski definition) is 2.